The van der Waals surface area contributed by atoms with Crippen molar-refractivity contribution in [3.63, 3.8) is 0 Å². The number of hydrogen-bond donors (Lipinski definition) is 1. The molecule has 5 nitrogen and oxygen atoms in total. The number of benzene rings is 1. The molecule has 0 radical (unpaired) electrons. The molecule has 2 aromatic rings. The number of rotatable bonds is 3. The van der Waals surface area contributed by atoms with Crippen LogP contribution in [0, 0.1) is 0 Å². The first-order chi connectivity index (χ1) is 10.3. The highest BCUT2D eigenvalue weighted by molar-refractivity contribution is 6.02. The molecular formula is C16H18N4O. The summed E-state index contributed by atoms with van der Waals surface area (Å²) in [5.74, 6) is 0.616. The second kappa shape index (κ2) is 6.35. The molecule has 0 bridgehead atoms. The first-order valence-electron chi connectivity index (χ1n) is 7.26. The van der Waals surface area contributed by atoms with Crippen LogP contribution in [-0.2, 0) is 0 Å². The Morgan fingerprint density at radius 3 is 2.43 bits per heavy atom. The van der Waals surface area contributed by atoms with Gasteiger partial charge in [-0.25, -0.2) is 9.97 Å². The topological polar surface area (TPSA) is 58.1 Å². The zero-order valence-corrected chi connectivity index (χ0v) is 11.8. The summed E-state index contributed by atoms with van der Waals surface area (Å²) in [6, 6.07) is 9.34. The third kappa shape index (κ3) is 3.37. The molecule has 1 saturated heterocycles. The minimum Gasteiger partial charge on any atom is -0.355 e. The minimum absolute atomic E-state index is 0.237. The highest BCUT2D eigenvalue weighted by Crippen LogP contribution is 2.16. The van der Waals surface area contributed by atoms with Crippen molar-refractivity contribution in [3.05, 3.63) is 48.4 Å². The minimum atomic E-state index is -0.237. The van der Waals surface area contributed by atoms with Crippen molar-refractivity contribution in [2.45, 2.75) is 19.3 Å². The molecule has 0 unspecified atom stereocenters. The number of carbonyl (C=O) groups is 1. The summed E-state index contributed by atoms with van der Waals surface area (Å²) in [7, 11) is 0. The number of nitrogens with zero attached hydrogens (tertiary/aromatic N) is 3. The van der Waals surface area contributed by atoms with Gasteiger partial charge in [-0.2, -0.15) is 0 Å². The Morgan fingerprint density at radius 1 is 1.00 bits per heavy atom. The molecule has 2 heterocycles. The quantitative estimate of drug-likeness (QED) is 0.940. The van der Waals surface area contributed by atoms with E-state index in [1.807, 2.05) is 30.3 Å². The van der Waals surface area contributed by atoms with Gasteiger partial charge in [0, 0.05) is 18.8 Å². The molecule has 1 aromatic heterocycles. The van der Waals surface area contributed by atoms with Crippen molar-refractivity contribution in [1.82, 2.24) is 9.97 Å². The standard InChI is InChI=1S/C16H18N4O/c21-16(19-13-7-3-1-4-8-13)14-11-18-15(12-17-14)20-9-5-2-6-10-20/h1,3-4,7-8,11-12H,2,5-6,9-10H2,(H,19,21). The maximum Gasteiger partial charge on any atom is 0.275 e. The summed E-state index contributed by atoms with van der Waals surface area (Å²) in [6.07, 6.45) is 6.89. The number of piperidine rings is 1. The van der Waals surface area contributed by atoms with Crippen molar-refractivity contribution < 1.29 is 4.79 Å². The first kappa shape index (κ1) is 13.5. The lowest BCUT2D eigenvalue weighted by atomic mass is 10.1. The lowest BCUT2D eigenvalue weighted by Crippen LogP contribution is -2.30. The molecule has 3 rings (SSSR count). The molecule has 1 aliphatic rings. The molecule has 0 atom stereocenters. The molecule has 1 N–H and O–H groups in total. The van der Waals surface area contributed by atoms with E-state index in [1.54, 1.807) is 12.4 Å². The number of aromatic nitrogens is 2. The van der Waals surface area contributed by atoms with Crippen LogP contribution in [0.15, 0.2) is 42.7 Å². The molecule has 108 valence electrons. The number of anilines is 2. The van der Waals surface area contributed by atoms with Crippen molar-refractivity contribution in [3.8, 4) is 0 Å². The predicted molar refractivity (Wildman–Crippen MR) is 82.5 cm³/mol. The van der Waals surface area contributed by atoms with Crippen molar-refractivity contribution in [2.75, 3.05) is 23.3 Å². The second-order valence-corrected chi connectivity index (χ2v) is 5.13. The summed E-state index contributed by atoms with van der Waals surface area (Å²) in [5.41, 5.74) is 1.09. The lowest BCUT2D eigenvalue weighted by molar-refractivity contribution is 0.102. The Hall–Kier alpha value is -2.43. The molecule has 5 heteroatoms. The SMILES string of the molecule is O=C(Nc1ccccc1)c1cnc(N2CCCCC2)cn1. The van der Waals surface area contributed by atoms with E-state index < -0.39 is 0 Å². The normalized spacial score (nSPS) is 14.8. The summed E-state index contributed by atoms with van der Waals surface area (Å²) in [6.45, 7) is 2.04. The second-order valence-electron chi connectivity index (χ2n) is 5.13. The number of carbonyl (C=O) groups excluding carboxylic acids is 1. The van der Waals surface area contributed by atoms with Gasteiger partial charge in [-0.1, -0.05) is 18.2 Å². The van der Waals surface area contributed by atoms with Crippen LogP contribution in [0.5, 0.6) is 0 Å². The maximum absolute atomic E-state index is 12.1. The van der Waals surface area contributed by atoms with Gasteiger partial charge in [-0.3, -0.25) is 4.79 Å². The molecule has 0 spiro atoms. The van der Waals surface area contributed by atoms with Gasteiger partial charge in [0.1, 0.15) is 11.5 Å². The van der Waals surface area contributed by atoms with E-state index in [1.165, 1.54) is 19.3 Å². The van der Waals surface area contributed by atoms with Gasteiger partial charge in [0.15, 0.2) is 0 Å². The van der Waals surface area contributed by atoms with Gasteiger partial charge in [0.2, 0.25) is 0 Å². The van der Waals surface area contributed by atoms with Crippen LogP contribution in [0.4, 0.5) is 11.5 Å². The highest BCUT2D eigenvalue weighted by atomic mass is 16.1. The van der Waals surface area contributed by atoms with Gasteiger partial charge in [-0.05, 0) is 31.4 Å². The fourth-order valence-corrected chi connectivity index (χ4v) is 2.44. The largest absolute Gasteiger partial charge is 0.355 e. The average Bonchev–Trinajstić information content (AvgIpc) is 2.57. The van der Waals surface area contributed by atoms with E-state index in [2.05, 4.69) is 20.2 Å². The van der Waals surface area contributed by atoms with E-state index >= 15 is 0 Å². The molecule has 1 aliphatic heterocycles. The van der Waals surface area contributed by atoms with E-state index in [0.717, 1.165) is 24.6 Å². The monoisotopic (exact) mass is 282 g/mol. The Kier molecular flexibility index (Phi) is 4.09. The van der Waals surface area contributed by atoms with E-state index in [0.29, 0.717) is 5.69 Å². The van der Waals surface area contributed by atoms with Gasteiger partial charge in [0.25, 0.3) is 5.91 Å². The van der Waals surface area contributed by atoms with E-state index in [-0.39, 0.29) is 5.91 Å². The highest BCUT2D eigenvalue weighted by Gasteiger charge is 2.14. The van der Waals surface area contributed by atoms with E-state index in [9.17, 15) is 4.79 Å². The maximum atomic E-state index is 12.1. The number of hydrogen-bond acceptors (Lipinski definition) is 4. The van der Waals surface area contributed by atoms with Crippen LogP contribution in [0.1, 0.15) is 29.8 Å². The Morgan fingerprint density at radius 2 is 1.76 bits per heavy atom. The molecule has 1 aromatic carbocycles. The lowest BCUT2D eigenvalue weighted by Gasteiger charge is -2.27. The summed E-state index contributed by atoms with van der Waals surface area (Å²) >= 11 is 0. The van der Waals surface area contributed by atoms with Crippen LogP contribution in [0.3, 0.4) is 0 Å². The van der Waals surface area contributed by atoms with Gasteiger partial charge >= 0.3 is 0 Å². The van der Waals surface area contributed by atoms with Gasteiger partial charge in [0.05, 0.1) is 12.4 Å². The summed E-state index contributed by atoms with van der Waals surface area (Å²) in [5, 5.41) is 2.80. The fraction of sp³-hybridized carbons (Fsp3) is 0.312. The fourth-order valence-electron chi connectivity index (χ4n) is 2.44. The van der Waals surface area contributed by atoms with E-state index in [4.69, 9.17) is 0 Å². The number of para-hydroxylation sites is 1. The number of amides is 1. The zero-order chi connectivity index (χ0) is 14.5. The van der Waals surface area contributed by atoms with Crippen LogP contribution in [-0.4, -0.2) is 29.0 Å². The van der Waals surface area contributed by atoms with Crippen LogP contribution < -0.4 is 10.2 Å². The smallest absolute Gasteiger partial charge is 0.275 e. The van der Waals surface area contributed by atoms with Gasteiger partial charge in [-0.15, -0.1) is 0 Å². The molecule has 21 heavy (non-hydrogen) atoms. The van der Waals surface area contributed by atoms with Gasteiger partial charge < -0.3 is 10.2 Å². The molecule has 0 aliphatic carbocycles. The first-order valence-corrected chi connectivity index (χ1v) is 7.26. The molecule has 1 amide bonds. The van der Waals surface area contributed by atoms with Crippen molar-refractivity contribution in [2.24, 2.45) is 0 Å². The van der Waals surface area contributed by atoms with Crippen LogP contribution >= 0.6 is 0 Å². The average molecular weight is 282 g/mol. The van der Waals surface area contributed by atoms with Crippen molar-refractivity contribution in [1.29, 1.82) is 0 Å². The zero-order valence-electron chi connectivity index (χ0n) is 11.8. The van der Waals surface area contributed by atoms with Crippen LogP contribution in [0.25, 0.3) is 0 Å². The predicted octanol–water partition coefficient (Wildman–Crippen LogP) is 2.72. The third-order valence-electron chi connectivity index (χ3n) is 3.58. The molecule has 1 fully saturated rings. The Bertz CT molecular complexity index is 591. The Balaban J connectivity index is 1.67. The van der Waals surface area contributed by atoms with Crippen LogP contribution in [0.2, 0.25) is 0 Å². The molecular weight excluding hydrogens is 264 g/mol. The third-order valence-corrected chi connectivity index (χ3v) is 3.58. The van der Waals surface area contributed by atoms with Crippen molar-refractivity contribution >= 4 is 17.4 Å². The number of nitrogens with one attached hydrogen (secondary N) is 1. The molecule has 0 saturated carbocycles. The summed E-state index contributed by atoms with van der Waals surface area (Å²) < 4.78 is 0. The summed E-state index contributed by atoms with van der Waals surface area (Å²) in [4.78, 5) is 22.9. The Labute approximate surface area is 124 Å².